The van der Waals surface area contributed by atoms with Crippen LogP contribution < -0.4 is 4.74 Å². The molecule has 0 unspecified atom stereocenters. The molecule has 3 heterocycles. The SMILES string of the molecule is CC[C@@H](COS(C)(=O)=O)n1cc(C)c2nc(-c3ccc(C(C)C)nc3OC)c(C)nc21. The number of aryl methyl sites for hydroxylation is 2. The van der Waals surface area contributed by atoms with Crippen molar-refractivity contribution in [2.75, 3.05) is 20.0 Å². The largest absolute Gasteiger partial charge is 0.480 e. The number of rotatable bonds is 8. The molecule has 0 bridgehead atoms. The summed E-state index contributed by atoms with van der Waals surface area (Å²) in [6.07, 6.45) is 3.70. The molecule has 1 atom stereocenters. The van der Waals surface area contributed by atoms with Crippen LogP contribution in [0.1, 0.15) is 56.1 Å². The molecule has 0 radical (unpaired) electrons. The molecule has 0 saturated heterocycles. The van der Waals surface area contributed by atoms with Crippen LogP contribution in [0, 0.1) is 13.8 Å². The number of hydrogen-bond acceptors (Lipinski definition) is 7. The fourth-order valence-corrected chi connectivity index (χ4v) is 3.93. The normalized spacial score (nSPS) is 13.2. The molecule has 0 aliphatic rings. The Hall–Kier alpha value is -2.52. The molecule has 0 aliphatic carbocycles. The van der Waals surface area contributed by atoms with Crippen LogP contribution in [-0.2, 0) is 14.3 Å². The maximum atomic E-state index is 11.5. The van der Waals surface area contributed by atoms with Crippen molar-refractivity contribution < 1.29 is 17.3 Å². The average molecular weight is 447 g/mol. The molecular weight excluding hydrogens is 416 g/mol. The van der Waals surface area contributed by atoms with Crippen molar-refractivity contribution in [3.05, 3.63) is 35.3 Å². The molecule has 8 nitrogen and oxygen atoms in total. The minimum atomic E-state index is -3.52. The average Bonchev–Trinajstić information content (AvgIpc) is 3.02. The zero-order chi connectivity index (χ0) is 22.9. The van der Waals surface area contributed by atoms with Gasteiger partial charge in [-0.15, -0.1) is 0 Å². The molecule has 3 rings (SSSR count). The first-order chi connectivity index (χ1) is 14.6. The standard InChI is InChI=1S/C22H30N4O4S/c1-8-16(12-30-31(7,27)28)26-11-14(4)19-21(26)23-15(5)20(25-19)17-9-10-18(13(2)3)24-22(17)29-6/h9-11,13,16H,8,12H2,1-7H3/t16-/m0/s1. The fraction of sp³-hybridized carbons (Fsp3) is 0.500. The molecule has 31 heavy (non-hydrogen) atoms. The van der Waals surface area contributed by atoms with Crippen LogP contribution in [-0.4, -0.2) is 47.9 Å². The fourth-order valence-electron chi connectivity index (χ4n) is 3.53. The lowest BCUT2D eigenvalue weighted by Gasteiger charge is -2.18. The number of nitrogens with zero attached hydrogens (tertiary/aromatic N) is 4. The van der Waals surface area contributed by atoms with Gasteiger partial charge in [-0.2, -0.15) is 8.42 Å². The highest BCUT2D eigenvalue weighted by Gasteiger charge is 2.21. The van der Waals surface area contributed by atoms with E-state index < -0.39 is 10.1 Å². The first kappa shape index (κ1) is 23.1. The summed E-state index contributed by atoms with van der Waals surface area (Å²) in [7, 11) is -1.92. The third-order valence-electron chi connectivity index (χ3n) is 5.26. The van der Waals surface area contributed by atoms with E-state index in [0.717, 1.165) is 34.3 Å². The van der Waals surface area contributed by atoms with Crippen LogP contribution in [0.3, 0.4) is 0 Å². The molecular formula is C22H30N4O4S. The topological polar surface area (TPSA) is 96.2 Å². The molecule has 9 heteroatoms. The van der Waals surface area contributed by atoms with Crippen molar-refractivity contribution in [3.63, 3.8) is 0 Å². The molecule has 0 aromatic carbocycles. The van der Waals surface area contributed by atoms with E-state index in [4.69, 9.17) is 18.9 Å². The van der Waals surface area contributed by atoms with E-state index >= 15 is 0 Å². The Bertz CT molecular complexity index is 1200. The predicted octanol–water partition coefficient (Wildman–Crippen LogP) is 4.17. The quantitative estimate of drug-likeness (QED) is 0.479. The van der Waals surface area contributed by atoms with E-state index in [2.05, 4.69) is 18.8 Å². The molecule has 3 aromatic rings. The van der Waals surface area contributed by atoms with Crippen LogP contribution in [0.4, 0.5) is 0 Å². The van der Waals surface area contributed by atoms with Crippen molar-refractivity contribution in [3.8, 4) is 17.1 Å². The molecule has 0 spiro atoms. The van der Waals surface area contributed by atoms with Gasteiger partial charge in [0.05, 0.1) is 43.0 Å². The van der Waals surface area contributed by atoms with Gasteiger partial charge in [-0.25, -0.2) is 15.0 Å². The first-order valence-corrected chi connectivity index (χ1v) is 12.1. The van der Waals surface area contributed by atoms with E-state index in [1.807, 2.05) is 43.7 Å². The molecule has 0 aliphatic heterocycles. The van der Waals surface area contributed by atoms with Gasteiger partial charge in [-0.05, 0) is 43.9 Å². The van der Waals surface area contributed by atoms with Crippen LogP contribution in [0.5, 0.6) is 5.88 Å². The second-order valence-corrected chi connectivity index (χ2v) is 9.69. The van der Waals surface area contributed by atoms with Gasteiger partial charge in [0.15, 0.2) is 5.65 Å². The Kier molecular flexibility index (Phi) is 6.66. The van der Waals surface area contributed by atoms with Gasteiger partial charge in [0.2, 0.25) is 5.88 Å². The lowest BCUT2D eigenvalue weighted by atomic mass is 10.1. The highest BCUT2D eigenvalue weighted by molar-refractivity contribution is 7.85. The van der Waals surface area contributed by atoms with Gasteiger partial charge in [0.25, 0.3) is 10.1 Å². The molecule has 0 saturated carbocycles. The van der Waals surface area contributed by atoms with Crippen LogP contribution in [0.25, 0.3) is 22.4 Å². The summed E-state index contributed by atoms with van der Waals surface area (Å²) < 4.78 is 35.5. The van der Waals surface area contributed by atoms with E-state index in [-0.39, 0.29) is 18.6 Å². The summed E-state index contributed by atoms with van der Waals surface area (Å²) in [4.78, 5) is 14.4. The lowest BCUT2D eigenvalue weighted by molar-refractivity contribution is 0.255. The molecule has 0 fully saturated rings. The van der Waals surface area contributed by atoms with E-state index in [9.17, 15) is 8.42 Å². The number of methoxy groups -OCH3 is 1. The Morgan fingerprint density at radius 2 is 1.84 bits per heavy atom. The second-order valence-electron chi connectivity index (χ2n) is 8.05. The smallest absolute Gasteiger partial charge is 0.264 e. The third kappa shape index (κ3) is 4.88. The molecule has 168 valence electrons. The number of aromatic nitrogens is 4. The highest BCUT2D eigenvalue weighted by Crippen LogP contribution is 2.33. The summed E-state index contributed by atoms with van der Waals surface area (Å²) in [6, 6.07) is 3.79. The third-order valence-corrected chi connectivity index (χ3v) is 5.83. The molecule has 0 amide bonds. The number of ether oxygens (including phenoxy) is 1. The maximum absolute atomic E-state index is 11.5. The van der Waals surface area contributed by atoms with Crippen LogP contribution in [0.15, 0.2) is 18.3 Å². The van der Waals surface area contributed by atoms with Gasteiger partial charge >= 0.3 is 0 Å². The maximum Gasteiger partial charge on any atom is 0.264 e. The van der Waals surface area contributed by atoms with Gasteiger partial charge in [0, 0.05) is 11.9 Å². The number of pyridine rings is 1. The van der Waals surface area contributed by atoms with E-state index in [1.54, 1.807) is 7.11 Å². The van der Waals surface area contributed by atoms with Crippen molar-refractivity contribution in [2.24, 2.45) is 0 Å². The Morgan fingerprint density at radius 1 is 1.13 bits per heavy atom. The van der Waals surface area contributed by atoms with Gasteiger partial charge < -0.3 is 9.30 Å². The zero-order valence-corrected chi connectivity index (χ0v) is 19.9. The summed E-state index contributed by atoms with van der Waals surface area (Å²) in [5.74, 6) is 0.807. The molecule has 3 aromatic heterocycles. The monoisotopic (exact) mass is 446 g/mol. The number of hydrogen-bond donors (Lipinski definition) is 0. The van der Waals surface area contributed by atoms with Crippen molar-refractivity contribution in [1.29, 1.82) is 0 Å². The summed E-state index contributed by atoms with van der Waals surface area (Å²) in [5.41, 5.74) is 5.61. The van der Waals surface area contributed by atoms with Crippen LogP contribution >= 0.6 is 0 Å². The van der Waals surface area contributed by atoms with Gasteiger partial charge in [-0.1, -0.05) is 20.8 Å². The minimum Gasteiger partial charge on any atom is -0.480 e. The van der Waals surface area contributed by atoms with E-state index in [1.165, 1.54) is 0 Å². The van der Waals surface area contributed by atoms with Gasteiger partial charge in [0.1, 0.15) is 5.52 Å². The predicted molar refractivity (Wildman–Crippen MR) is 121 cm³/mol. The number of fused-ring (bicyclic) bond motifs is 1. The van der Waals surface area contributed by atoms with Crippen molar-refractivity contribution in [1.82, 2.24) is 19.5 Å². The summed E-state index contributed by atoms with van der Waals surface area (Å²) in [6.45, 7) is 10.1. The molecule has 0 N–H and O–H groups in total. The van der Waals surface area contributed by atoms with Crippen LogP contribution in [0.2, 0.25) is 0 Å². The summed E-state index contributed by atoms with van der Waals surface area (Å²) in [5, 5.41) is 0. The van der Waals surface area contributed by atoms with Gasteiger partial charge in [-0.3, -0.25) is 4.18 Å². The highest BCUT2D eigenvalue weighted by atomic mass is 32.2. The first-order valence-electron chi connectivity index (χ1n) is 10.3. The Morgan fingerprint density at radius 3 is 2.42 bits per heavy atom. The Labute approximate surface area is 183 Å². The van der Waals surface area contributed by atoms with Crippen molar-refractivity contribution in [2.45, 2.75) is 53.0 Å². The summed E-state index contributed by atoms with van der Waals surface area (Å²) >= 11 is 0. The van der Waals surface area contributed by atoms with Crippen molar-refractivity contribution >= 4 is 21.3 Å². The Balaban J connectivity index is 2.11. The lowest BCUT2D eigenvalue weighted by Crippen LogP contribution is -2.17. The zero-order valence-electron chi connectivity index (χ0n) is 19.1. The minimum absolute atomic E-state index is 0.0510. The second kappa shape index (κ2) is 8.92. The van der Waals surface area contributed by atoms with E-state index in [0.29, 0.717) is 23.6 Å².